The molecule has 0 saturated heterocycles. The minimum Gasteiger partial charge on any atom is -0.466 e. The smallest absolute Gasteiger partial charge is 0.330 e. The number of methoxy groups -OCH3 is 1. The molecule has 0 aliphatic heterocycles. The van der Waals surface area contributed by atoms with Crippen molar-refractivity contribution >= 4 is 23.6 Å². The number of nitrogens with two attached hydrogens (primary N) is 1. The standard InChI is InChI=1S/C11H13ClN2O2/c1-16-11(15)3-2-10-8(4-6-13)9(12)5-7-14-10/h2-3,5,7H,4,6,13H2,1H3. The zero-order chi connectivity index (χ0) is 12.0. The number of aromatic nitrogens is 1. The first kappa shape index (κ1) is 12.7. The summed E-state index contributed by atoms with van der Waals surface area (Å²) in [5.41, 5.74) is 6.96. The third kappa shape index (κ3) is 3.32. The molecule has 0 bridgehead atoms. The Morgan fingerprint density at radius 1 is 1.69 bits per heavy atom. The summed E-state index contributed by atoms with van der Waals surface area (Å²) in [7, 11) is 1.32. The summed E-state index contributed by atoms with van der Waals surface area (Å²) >= 11 is 6.01. The highest BCUT2D eigenvalue weighted by molar-refractivity contribution is 6.31. The first-order valence-corrected chi connectivity index (χ1v) is 5.16. The van der Waals surface area contributed by atoms with Gasteiger partial charge in [0.2, 0.25) is 0 Å². The van der Waals surface area contributed by atoms with Gasteiger partial charge in [0.1, 0.15) is 0 Å². The average Bonchev–Trinajstić information content (AvgIpc) is 2.29. The number of hydrogen-bond acceptors (Lipinski definition) is 4. The van der Waals surface area contributed by atoms with Crippen LogP contribution in [0.25, 0.3) is 6.08 Å². The largest absolute Gasteiger partial charge is 0.466 e. The van der Waals surface area contributed by atoms with E-state index in [0.29, 0.717) is 23.7 Å². The Balaban J connectivity index is 2.98. The second-order valence-corrected chi connectivity index (χ2v) is 3.46. The van der Waals surface area contributed by atoms with Crippen LogP contribution in [-0.2, 0) is 16.0 Å². The lowest BCUT2D eigenvalue weighted by Crippen LogP contribution is -2.06. The Morgan fingerprint density at radius 3 is 3.06 bits per heavy atom. The van der Waals surface area contributed by atoms with Gasteiger partial charge in [-0.1, -0.05) is 11.6 Å². The fourth-order valence-electron chi connectivity index (χ4n) is 1.23. The van der Waals surface area contributed by atoms with E-state index in [1.807, 2.05) is 0 Å². The lowest BCUT2D eigenvalue weighted by molar-refractivity contribution is -0.134. The number of halogens is 1. The maximum absolute atomic E-state index is 10.9. The van der Waals surface area contributed by atoms with Crippen molar-refractivity contribution in [2.75, 3.05) is 13.7 Å². The zero-order valence-corrected chi connectivity index (χ0v) is 9.70. The Bertz CT molecular complexity index is 405. The normalized spacial score (nSPS) is 10.7. The summed E-state index contributed by atoms with van der Waals surface area (Å²) in [5.74, 6) is -0.430. The van der Waals surface area contributed by atoms with Gasteiger partial charge >= 0.3 is 5.97 Å². The van der Waals surface area contributed by atoms with Gasteiger partial charge in [-0.25, -0.2) is 4.79 Å². The Morgan fingerprint density at radius 2 is 2.44 bits per heavy atom. The molecule has 0 aromatic carbocycles. The van der Waals surface area contributed by atoms with Crippen LogP contribution in [-0.4, -0.2) is 24.6 Å². The van der Waals surface area contributed by atoms with Crippen molar-refractivity contribution in [3.8, 4) is 0 Å². The first-order valence-electron chi connectivity index (χ1n) is 4.78. The molecule has 0 saturated carbocycles. The van der Waals surface area contributed by atoms with E-state index in [1.54, 1.807) is 18.3 Å². The van der Waals surface area contributed by atoms with Crippen LogP contribution in [0.5, 0.6) is 0 Å². The lowest BCUT2D eigenvalue weighted by Gasteiger charge is -2.05. The van der Waals surface area contributed by atoms with Crippen LogP contribution in [0.4, 0.5) is 0 Å². The fourth-order valence-corrected chi connectivity index (χ4v) is 1.48. The van der Waals surface area contributed by atoms with E-state index >= 15 is 0 Å². The number of ether oxygens (including phenoxy) is 1. The van der Waals surface area contributed by atoms with Crippen molar-refractivity contribution in [2.45, 2.75) is 6.42 Å². The number of carbonyl (C=O) groups is 1. The summed E-state index contributed by atoms with van der Waals surface area (Å²) in [4.78, 5) is 15.1. The first-order chi connectivity index (χ1) is 7.69. The summed E-state index contributed by atoms with van der Waals surface area (Å²) in [6.07, 6.45) is 5.08. The van der Waals surface area contributed by atoms with E-state index < -0.39 is 5.97 Å². The molecule has 0 aliphatic carbocycles. The summed E-state index contributed by atoms with van der Waals surface area (Å²) in [5, 5.41) is 0.602. The van der Waals surface area contributed by atoms with Crippen LogP contribution in [0, 0.1) is 0 Å². The van der Waals surface area contributed by atoms with Crippen LogP contribution >= 0.6 is 11.6 Å². The van der Waals surface area contributed by atoms with Crippen molar-refractivity contribution in [1.29, 1.82) is 0 Å². The minimum atomic E-state index is -0.430. The van der Waals surface area contributed by atoms with E-state index in [4.69, 9.17) is 17.3 Å². The van der Waals surface area contributed by atoms with Gasteiger partial charge in [-0.3, -0.25) is 4.98 Å². The molecule has 0 aliphatic rings. The van der Waals surface area contributed by atoms with Gasteiger partial charge in [0.15, 0.2) is 0 Å². The molecular formula is C11H13ClN2O2. The molecule has 0 fully saturated rings. The molecule has 86 valence electrons. The molecule has 2 N–H and O–H groups in total. The lowest BCUT2D eigenvalue weighted by atomic mass is 10.1. The number of rotatable bonds is 4. The molecule has 1 heterocycles. The zero-order valence-electron chi connectivity index (χ0n) is 8.94. The highest BCUT2D eigenvalue weighted by Gasteiger charge is 2.05. The minimum absolute atomic E-state index is 0.430. The van der Waals surface area contributed by atoms with Gasteiger partial charge in [0, 0.05) is 17.3 Å². The molecule has 1 rings (SSSR count). The maximum atomic E-state index is 10.9. The Labute approximate surface area is 99.1 Å². The number of carbonyl (C=O) groups excluding carboxylic acids is 1. The SMILES string of the molecule is COC(=O)C=Cc1nccc(Cl)c1CCN. The number of nitrogens with zero attached hydrogens (tertiary/aromatic N) is 1. The molecule has 0 radical (unpaired) electrons. The number of pyridine rings is 1. The van der Waals surface area contributed by atoms with Crippen molar-refractivity contribution in [3.05, 3.63) is 34.6 Å². The fraction of sp³-hybridized carbons (Fsp3) is 0.273. The monoisotopic (exact) mass is 240 g/mol. The molecule has 5 heteroatoms. The third-order valence-corrected chi connectivity index (χ3v) is 2.36. The molecule has 16 heavy (non-hydrogen) atoms. The predicted molar refractivity (Wildman–Crippen MR) is 63.1 cm³/mol. The molecule has 0 spiro atoms. The van der Waals surface area contributed by atoms with Gasteiger partial charge in [-0.05, 0) is 30.7 Å². The van der Waals surface area contributed by atoms with Crippen LogP contribution in [0.1, 0.15) is 11.3 Å². The summed E-state index contributed by atoms with van der Waals surface area (Å²) in [6.45, 7) is 0.477. The molecular weight excluding hydrogens is 228 g/mol. The van der Waals surface area contributed by atoms with Crippen molar-refractivity contribution in [2.24, 2.45) is 5.73 Å². The van der Waals surface area contributed by atoms with E-state index in [2.05, 4.69) is 9.72 Å². The predicted octanol–water partition coefficient (Wildman–Crippen LogP) is 1.42. The van der Waals surface area contributed by atoms with E-state index in [0.717, 1.165) is 5.56 Å². The van der Waals surface area contributed by atoms with Gasteiger partial charge in [-0.15, -0.1) is 0 Å². The quantitative estimate of drug-likeness (QED) is 0.639. The van der Waals surface area contributed by atoms with Gasteiger partial charge < -0.3 is 10.5 Å². The van der Waals surface area contributed by atoms with Crippen LogP contribution in [0.2, 0.25) is 5.02 Å². The molecule has 4 nitrogen and oxygen atoms in total. The number of esters is 1. The molecule has 0 unspecified atom stereocenters. The van der Waals surface area contributed by atoms with E-state index in [1.165, 1.54) is 13.2 Å². The van der Waals surface area contributed by atoms with Crippen molar-refractivity contribution in [1.82, 2.24) is 4.98 Å². The highest BCUT2D eigenvalue weighted by Crippen LogP contribution is 2.19. The Kier molecular flexibility index (Phi) is 4.95. The Hall–Kier alpha value is -1.39. The van der Waals surface area contributed by atoms with E-state index in [-0.39, 0.29) is 0 Å². The van der Waals surface area contributed by atoms with Gasteiger partial charge in [0.05, 0.1) is 12.8 Å². The summed E-state index contributed by atoms with van der Waals surface area (Å²) < 4.78 is 4.49. The van der Waals surface area contributed by atoms with Crippen LogP contribution < -0.4 is 5.73 Å². The molecule has 1 aromatic rings. The van der Waals surface area contributed by atoms with Crippen molar-refractivity contribution in [3.63, 3.8) is 0 Å². The molecule has 0 atom stereocenters. The second-order valence-electron chi connectivity index (χ2n) is 3.05. The van der Waals surface area contributed by atoms with Crippen molar-refractivity contribution < 1.29 is 9.53 Å². The maximum Gasteiger partial charge on any atom is 0.330 e. The van der Waals surface area contributed by atoms with Crippen LogP contribution in [0.15, 0.2) is 18.3 Å². The third-order valence-electron chi connectivity index (χ3n) is 2.00. The van der Waals surface area contributed by atoms with Gasteiger partial charge in [-0.2, -0.15) is 0 Å². The second kappa shape index (κ2) is 6.25. The van der Waals surface area contributed by atoms with Gasteiger partial charge in [0.25, 0.3) is 0 Å². The molecule has 1 aromatic heterocycles. The number of hydrogen-bond donors (Lipinski definition) is 1. The summed E-state index contributed by atoms with van der Waals surface area (Å²) in [6, 6.07) is 1.70. The highest BCUT2D eigenvalue weighted by atomic mass is 35.5. The molecule has 0 amide bonds. The van der Waals surface area contributed by atoms with Crippen LogP contribution in [0.3, 0.4) is 0 Å². The van der Waals surface area contributed by atoms with E-state index in [9.17, 15) is 4.79 Å². The topological polar surface area (TPSA) is 65.2 Å². The average molecular weight is 241 g/mol.